The van der Waals surface area contributed by atoms with Crippen molar-refractivity contribution in [2.24, 2.45) is 20.0 Å². The SMILES string of the molecule is Cn1c(=O)c2c(SCC(=O)N3CCC(Cc4ccccc4)CC3)nc(-c3ccc(F)cc3)nc2n(C)c1=O. The maximum atomic E-state index is 13.5. The molecule has 0 N–H and O–H groups in total. The van der Waals surface area contributed by atoms with Crippen molar-refractivity contribution < 1.29 is 9.18 Å². The number of benzene rings is 2. The number of fused-ring (bicyclic) bond motifs is 1. The maximum absolute atomic E-state index is 13.5. The van der Waals surface area contributed by atoms with Crippen molar-refractivity contribution in [2.45, 2.75) is 24.3 Å². The van der Waals surface area contributed by atoms with E-state index in [4.69, 9.17) is 0 Å². The summed E-state index contributed by atoms with van der Waals surface area (Å²) in [6.45, 7) is 1.39. The van der Waals surface area contributed by atoms with Gasteiger partial charge in [0.15, 0.2) is 11.5 Å². The predicted octanol–water partition coefficient (Wildman–Crippen LogP) is 3.41. The molecule has 4 aromatic rings. The first-order chi connectivity index (χ1) is 18.3. The van der Waals surface area contributed by atoms with Gasteiger partial charge in [-0.2, -0.15) is 0 Å². The Hall–Kier alpha value is -3.79. The molecule has 0 atom stereocenters. The molecule has 0 radical (unpaired) electrons. The molecule has 1 fully saturated rings. The molecule has 196 valence electrons. The molecule has 2 aromatic carbocycles. The Balaban J connectivity index is 1.37. The summed E-state index contributed by atoms with van der Waals surface area (Å²) in [6, 6.07) is 16.1. The molecule has 2 aromatic heterocycles. The number of piperidine rings is 1. The molecule has 0 saturated carbocycles. The zero-order valence-corrected chi connectivity index (χ0v) is 22.1. The van der Waals surface area contributed by atoms with Gasteiger partial charge in [0.2, 0.25) is 5.91 Å². The monoisotopic (exact) mass is 533 g/mol. The van der Waals surface area contributed by atoms with Gasteiger partial charge in [0.25, 0.3) is 5.56 Å². The molecule has 1 aliphatic rings. The first-order valence-electron chi connectivity index (χ1n) is 12.5. The highest BCUT2D eigenvalue weighted by Crippen LogP contribution is 2.28. The Morgan fingerprint density at radius 3 is 2.34 bits per heavy atom. The van der Waals surface area contributed by atoms with Crippen molar-refractivity contribution in [3.05, 3.63) is 86.8 Å². The van der Waals surface area contributed by atoms with Gasteiger partial charge in [-0.3, -0.25) is 18.7 Å². The molecule has 0 aliphatic carbocycles. The number of likely N-dealkylation sites (tertiary alicyclic amines) is 1. The van der Waals surface area contributed by atoms with E-state index in [0.717, 1.165) is 35.6 Å². The number of aryl methyl sites for hydroxylation is 1. The van der Waals surface area contributed by atoms with Gasteiger partial charge in [-0.05, 0) is 55.0 Å². The van der Waals surface area contributed by atoms with E-state index in [1.54, 1.807) is 0 Å². The lowest BCUT2D eigenvalue weighted by Crippen LogP contribution is -2.40. The quantitative estimate of drug-likeness (QED) is 0.279. The fourth-order valence-corrected chi connectivity index (χ4v) is 5.73. The van der Waals surface area contributed by atoms with E-state index >= 15 is 0 Å². The molecule has 10 heteroatoms. The van der Waals surface area contributed by atoms with Gasteiger partial charge in [0.05, 0.1) is 5.75 Å². The van der Waals surface area contributed by atoms with Crippen LogP contribution in [0.4, 0.5) is 4.39 Å². The van der Waals surface area contributed by atoms with E-state index in [-0.39, 0.29) is 28.5 Å². The first-order valence-corrected chi connectivity index (χ1v) is 13.5. The van der Waals surface area contributed by atoms with Crippen molar-refractivity contribution in [1.82, 2.24) is 24.0 Å². The molecule has 0 spiro atoms. The number of carbonyl (C=O) groups excluding carboxylic acids is 1. The summed E-state index contributed by atoms with van der Waals surface area (Å²) < 4.78 is 15.8. The van der Waals surface area contributed by atoms with Gasteiger partial charge in [-0.25, -0.2) is 19.2 Å². The average Bonchev–Trinajstić information content (AvgIpc) is 2.94. The smallest absolute Gasteiger partial charge is 0.332 e. The third-order valence-electron chi connectivity index (χ3n) is 7.04. The Morgan fingerprint density at radius 1 is 0.974 bits per heavy atom. The van der Waals surface area contributed by atoms with E-state index in [2.05, 4.69) is 34.2 Å². The van der Waals surface area contributed by atoms with Crippen LogP contribution >= 0.6 is 11.8 Å². The second-order valence-corrected chi connectivity index (χ2v) is 10.5. The van der Waals surface area contributed by atoms with Crippen LogP contribution in [-0.2, 0) is 25.3 Å². The molecule has 1 aliphatic heterocycles. The number of aromatic nitrogens is 4. The summed E-state index contributed by atoms with van der Waals surface area (Å²) in [4.78, 5) is 49.7. The van der Waals surface area contributed by atoms with Crippen LogP contribution in [0.3, 0.4) is 0 Å². The number of hydrogen-bond acceptors (Lipinski definition) is 6. The molecule has 0 unspecified atom stereocenters. The molecule has 3 heterocycles. The molecule has 5 rings (SSSR count). The summed E-state index contributed by atoms with van der Waals surface area (Å²) in [6.07, 6.45) is 2.90. The van der Waals surface area contributed by atoms with Crippen LogP contribution in [0, 0.1) is 11.7 Å². The van der Waals surface area contributed by atoms with Gasteiger partial charge in [0, 0.05) is 32.7 Å². The number of halogens is 1. The van der Waals surface area contributed by atoms with Crippen molar-refractivity contribution in [3.8, 4) is 11.4 Å². The molecule has 38 heavy (non-hydrogen) atoms. The summed E-state index contributed by atoms with van der Waals surface area (Å²) in [5.74, 6) is 0.470. The molecule has 0 bridgehead atoms. The van der Waals surface area contributed by atoms with Crippen molar-refractivity contribution in [1.29, 1.82) is 0 Å². The first kappa shape index (κ1) is 25.8. The lowest BCUT2D eigenvalue weighted by Gasteiger charge is -2.32. The minimum Gasteiger partial charge on any atom is -0.342 e. The summed E-state index contributed by atoms with van der Waals surface area (Å²) in [7, 11) is 2.93. The second kappa shape index (κ2) is 10.9. The number of thioether (sulfide) groups is 1. The fraction of sp³-hybridized carbons (Fsp3) is 0.321. The number of nitrogens with zero attached hydrogens (tertiary/aromatic N) is 5. The van der Waals surface area contributed by atoms with Gasteiger partial charge in [-0.15, -0.1) is 0 Å². The Bertz CT molecular complexity index is 1590. The van der Waals surface area contributed by atoms with E-state index in [1.165, 1.54) is 48.5 Å². The Morgan fingerprint density at radius 2 is 1.66 bits per heavy atom. The molecule has 1 saturated heterocycles. The van der Waals surface area contributed by atoms with E-state index in [1.807, 2.05) is 11.0 Å². The molecular weight excluding hydrogens is 505 g/mol. The summed E-state index contributed by atoms with van der Waals surface area (Å²) >= 11 is 1.16. The second-order valence-electron chi connectivity index (χ2n) is 9.57. The third kappa shape index (κ3) is 5.26. The Labute approximate surface area is 223 Å². The lowest BCUT2D eigenvalue weighted by atomic mass is 9.90. The highest BCUT2D eigenvalue weighted by molar-refractivity contribution is 8.00. The zero-order chi connectivity index (χ0) is 26.8. The summed E-state index contributed by atoms with van der Waals surface area (Å²) in [5.41, 5.74) is 0.984. The van der Waals surface area contributed by atoms with Crippen molar-refractivity contribution in [2.75, 3.05) is 18.8 Å². The van der Waals surface area contributed by atoms with E-state index in [9.17, 15) is 18.8 Å². The minimum absolute atomic E-state index is 0.0232. The van der Waals surface area contributed by atoms with Gasteiger partial charge >= 0.3 is 5.69 Å². The van der Waals surface area contributed by atoms with Crippen molar-refractivity contribution >= 4 is 28.7 Å². The molecule has 8 nitrogen and oxygen atoms in total. The number of carbonyl (C=O) groups is 1. The average molecular weight is 534 g/mol. The van der Waals surface area contributed by atoms with Crippen molar-refractivity contribution in [3.63, 3.8) is 0 Å². The highest BCUT2D eigenvalue weighted by atomic mass is 32.2. The largest absolute Gasteiger partial charge is 0.342 e. The van der Waals surface area contributed by atoms with Crippen LogP contribution in [-0.4, -0.2) is 48.8 Å². The molecule has 1 amide bonds. The Kier molecular flexibility index (Phi) is 7.42. The third-order valence-corrected chi connectivity index (χ3v) is 8.00. The summed E-state index contributed by atoms with van der Waals surface area (Å²) in [5, 5.41) is 0.498. The van der Waals surface area contributed by atoms with E-state index < -0.39 is 17.1 Å². The molecular formula is C28H28FN5O3S. The topological polar surface area (TPSA) is 90.1 Å². The predicted molar refractivity (Wildman–Crippen MR) is 146 cm³/mol. The van der Waals surface area contributed by atoms with Crippen LogP contribution in [0.15, 0.2) is 69.2 Å². The normalized spacial score (nSPS) is 14.2. The highest BCUT2D eigenvalue weighted by Gasteiger charge is 2.24. The number of hydrogen-bond donors (Lipinski definition) is 0. The standard InChI is InChI=1S/C28H28FN5O3S/c1-32-25-23(27(36)33(2)28(32)37)26(31-24(30-25)20-8-10-21(29)11-9-20)38-17-22(35)34-14-12-19(13-15-34)16-18-6-4-3-5-7-18/h3-11,19H,12-17H2,1-2H3. The number of amides is 1. The van der Waals surface area contributed by atoms with Crippen LogP contribution in [0.25, 0.3) is 22.4 Å². The maximum Gasteiger partial charge on any atom is 0.332 e. The van der Waals surface area contributed by atoms with Crippen LogP contribution < -0.4 is 11.2 Å². The van der Waals surface area contributed by atoms with E-state index in [0.29, 0.717) is 29.6 Å². The van der Waals surface area contributed by atoms with Gasteiger partial charge < -0.3 is 4.90 Å². The van der Waals surface area contributed by atoms with Crippen LogP contribution in [0.1, 0.15) is 18.4 Å². The van der Waals surface area contributed by atoms with Crippen LogP contribution in [0.5, 0.6) is 0 Å². The van der Waals surface area contributed by atoms with Gasteiger partial charge in [-0.1, -0.05) is 42.1 Å². The minimum atomic E-state index is -0.523. The van der Waals surface area contributed by atoms with Gasteiger partial charge in [0.1, 0.15) is 16.2 Å². The fourth-order valence-electron chi connectivity index (χ4n) is 4.82. The zero-order valence-electron chi connectivity index (χ0n) is 21.3. The lowest BCUT2D eigenvalue weighted by molar-refractivity contribution is -0.129. The number of rotatable bonds is 6. The van der Waals surface area contributed by atoms with Crippen LogP contribution in [0.2, 0.25) is 0 Å².